The number of benzene rings is 2. The highest BCUT2D eigenvalue weighted by Crippen LogP contribution is 2.32. The summed E-state index contributed by atoms with van der Waals surface area (Å²) in [5.74, 6) is -1.43. The van der Waals surface area contributed by atoms with Crippen molar-refractivity contribution < 1.29 is 27.2 Å². The van der Waals surface area contributed by atoms with Gasteiger partial charge in [-0.1, -0.05) is 24.1 Å². The van der Waals surface area contributed by atoms with Crippen molar-refractivity contribution in [3.8, 4) is 0 Å². The predicted molar refractivity (Wildman–Crippen MR) is 146 cm³/mol. The second-order valence-corrected chi connectivity index (χ2v) is 10.5. The third-order valence-corrected chi connectivity index (χ3v) is 7.51. The molecule has 3 amide bonds. The van der Waals surface area contributed by atoms with Gasteiger partial charge in [-0.15, -0.1) is 0 Å². The Morgan fingerprint density at radius 1 is 1.10 bits per heavy atom. The Morgan fingerprint density at radius 2 is 1.85 bits per heavy atom. The molecule has 2 atom stereocenters. The lowest BCUT2D eigenvalue weighted by Crippen LogP contribution is -2.47. The van der Waals surface area contributed by atoms with E-state index in [1.54, 1.807) is 29.2 Å². The number of hydrogen-bond donors (Lipinski definition) is 4. The van der Waals surface area contributed by atoms with Crippen molar-refractivity contribution in [2.75, 3.05) is 49.5 Å². The normalized spacial score (nSPS) is 19.2. The molecule has 0 aromatic heterocycles. The number of nitrogens with zero attached hydrogens (tertiary/aromatic N) is 2. The van der Waals surface area contributed by atoms with E-state index in [9.17, 15) is 22.8 Å². The van der Waals surface area contributed by atoms with Gasteiger partial charge < -0.3 is 26.6 Å². The van der Waals surface area contributed by atoms with E-state index in [1.165, 1.54) is 12.1 Å². The molecule has 218 valence electrons. The van der Waals surface area contributed by atoms with Crippen LogP contribution < -0.4 is 26.6 Å². The van der Waals surface area contributed by atoms with E-state index in [1.807, 2.05) is 4.90 Å². The molecule has 2 aromatic rings. The van der Waals surface area contributed by atoms with Crippen LogP contribution in [0.15, 0.2) is 36.4 Å². The molecule has 5 N–H and O–H groups in total. The maximum atomic E-state index is 15.2. The molecule has 2 fully saturated rings. The van der Waals surface area contributed by atoms with E-state index in [0.29, 0.717) is 48.1 Å². The van der Waals surface area contributed by atoms with E-state index in [-0.39, 0.29) is 18.2 Å². The van der Waals surface area contributed by atoms with Gasteiger partial charge in [0.15, 0.2) is 0 Å². The number of halogens is 5. The van der Waals surface area contributed by atoms with Gasteiger partial charge in [-0.2, -0.15) is 13.2 Å². The predicted octanol–water partition coefficient (Wildman–Crippen LogP) is 4.66. The van der Waals surface area contributed by atoms with Crippen molar-refractivity contribution in [2.24, 2.45) is 5.73 Å². The first kappa shape index (κ1) is 29.9. The third kappa shape index (κ3) is 7.98. The van der Waals surface area contributed by atoms with Crippen LogP contribution in [-0.4, -0.2) is 68.3 Å². The van der Waals surface area contributed by atoms with E-state index in [4.69, 9.17) is 17.3 Å². The van der Waals surface area contributed by atoms with Crippen LogP contribution in [0.5, 0.6) is 0 Å². The SMILES string of the molecule is NC(=O)NC(c1ccc(C(=O)Nc2ccc(Cl)cc2N2CCN(CCC(F)(F)F)CC2)c(F)c1)C1CCCCN1. The molecule has 2 heterocycles. The second kappa shape index (κ2) is 13.0. The highest BCUT2D eigenvalue weighted by atomic mass is 35.5. The number of piperazine rings is 1. The zero-order valence-electron chi connectivity index (χ0n) is 21.9. The minimum Gasteiger partial charge on any atom is -0.367 e. The summed E-state index contributed by atoms with van der Waals surface area (Å²) in [7, 11) is 0. The summed E-state index contributed by atoms with van der Waals surface area (Å²) in [6.45, 7) is 2.42. The first-order chi connectivity index (χ1) is 19.0. The van der Waals surface area contributed by atoms with Crippen molar-refractivity contribution in [1.29, 1.82) is 0 Å². The molecular weight excluding hydrogens is 552 g/mol. The van der Waals surface area contributed by atoms with Gasteiger partial charge in [-0.25, -0.2) is 9.18 Å². The van der Waals surface area contributed by atoms with Crippen LogP contribution in [-0.2, 0) is 0 Å². The number of anilines is 2. The number of nitrogens with one attached hydrogen (secondary N) is 3. The Morgan fingerprint density at radius 3 is 2.48 bits per heavy atom. The van der Waals surface area contributed by atoms with Crippen molar-refractivity contribution >= 4 is 34.9 Å². The molecule has 2 saturated heterocycles. The van der Waals surface area contributed by atoms with E-state index >= 15 is 4.39 Å². The lowest BCUT2D eigenvalue weighted by molar-refractivity contribution is -0.138. The maximum Gasteiger partial charge on any atom is 0.390 e. The molecule has 0 spiro atoms. The van der Waals surface area contributed by atoms with Gasteiger partial charge in [0.2, 0.25) is 0 Å². The van der Waals surface area contributed by atoms with Crippen LogP contribution in [0.2, 0.25) is 5.02 Å². The molecule has 40 heavy (non-hydrogen) atoms. The molecule has 2 aliphatic rings. The first-order valence-electron chi connectivity index (χ1n) is 13.2. The van der Waals surface area contributed by atoms with E-state index < -0.39 is 36.4 Å². The first-order valence-corrected chi connectivity index (χ1v) is 13.6. The average molecular weight is 585 g/mol. The average Bonchev–Trinajstić information content (AvgIpc) is 2.91. The third-order valence-electron chi connectivity index (χ3n) is 7.28. The fraction of sp³-hybridized carbons (Fsp3) is 0.481. The molecule has 8 nitrogen and oxygen atoms in total. The smallest absolute Gasteiger partial charge is 0.367 e. The van der Waals surface area contributed by atoms with Crippen LogP contribution >= 0.6 is 11.6 Å². The summed E-state index contributed by atoms with van der Waals surface area (Å²) in [6, 6.07) is 7.67. The summed E-state index contributed by atoms with van der Waals surface area (Å²) in [5.41, 5.74) is 6.68. The fourth-order valence-corrected chi connectivity index (χ4v) is 5.37. The van der Waals surface area contributed by atoms with Crippen molar-refractivity contribution in [3.63, 3.8) is 0 Å². The number of carbonyl (C=O) groups is 2. The van der Waals surface area contributed by atoms with Gasteiger partial charge >= 0.3 is 12.2 Å². The lowest BCUT2D eigenvalue weighted by atomic mass is 9.92. The zero-order chi connectivity index (χ0) is 28.9. The Bertz CT molecular complexity index is 1200. The Hall–Kier alpha value is -3.09. The van der Waals surface area contributed by atoms with Crippen molar-refractivity contribution in [1.82, 2.24) is 15.5 Å². The Labute approximate surface area is 235 Å². The van der Waals surface area contributed by atoms with Crippen LogP contribution in [0.1, 0.15) is 47.6 Å². The number of rotatable bonds is 8. The molecule has 2 unspecified atom stereocenters. The maximum absolute atomic E-state index is 15.2. The van der Waals surface area contributed by atoms with Crippen molar-refractivity contribution in [2.45, 2.75) is 43.9 Å². The highest BCUT2D eigenvalue weighted by molar-refractivity contribution is 6.31. The number of alkyl halides is 3. The van der Waals surface area contributed by atoms with Gasteiger partial charge in [0.1, 0.15) is 5.82 Å². The molecule has 0 bridgehead atoms. The number of primary amides is 1. The van der Waals surface area contributed by atoms with Gasteiger partial charge in [0, 0.05) is 43.8 Å². The standard InChI is InChI=1S/C27H33ClF4N6O2/c28-18-5-7-21(23(16-18)38-13-11-37(12-14-38)10-8-27(30,31)32)35-25(39)19-6-4-17(15-20(19)29)24(36-26(33)40)22-3-1-2-9-34-22/h4-7,15-16,22,24,34H,1-3,8-14H2,(H,35,39)(H3,33,36,40). The van der Waals surface area contributed by atoms with E-state index in [0.717, 1.165) is 25.8 Å². The van der Waals surface area contributed by atoms with Crippen LogP contribution in [0.4, 0.5) is 33.7 Å². The number of nitrogens with two attached hydrogens (primary N) is 1. The number of carbonyl (C=O) groups excluding carboxylic acids is 2. The van der Waals surface area contributed by atoms with Crippen molar-refractivity contribution in [3.05, 3.63) is 58.4 Å². The summed E-state index contributed by atoms with van der Waals surface area (Å²) in [6.07, 6.45) is -2.32. The molecule has 0 radical (unpaired) electrons. The minimum atomic E-state index is -4.21. The van der Waals surface area contributed by atoms with Gasteiger partial charge in [0.25, 0.3) is 5.91 Å². The van der Waals surface area contributed by atoms with Gasteiger partial charge in [0.05, 0.1) is 29.4 Å². The summed E-state index contributed by atoms with van der Waals surface area (Å²) >= 11 is 6.21. The molecule has 13 heteroatoms. The van der Waals surface area contributed by atoms with Crippen LogP contribution in [0, 0.1) is 5.82 Å². The van der Waals surface area contributed by atoms with Gasteiger partial charge in [-0.05, 0) is 55.3 Å². The zero-order valence-corrected chi connectivity index (χ0v) is 22.6. The van der Waals surface area contributed by atoms with Crippen LogP contribution in [0.25, 0.3) is 0 Å². The minimum absolute atomic E-state index is 0.0711. The number of piperidine rings is 1. The number of hydrogen-bond acceptors (Lipinski definition) is 5. The summed E-state index contributed by atoms with van der Waals surface area (Å²) in [4.78, 5) is 28.4. The number of amides is 3. The largest absolute Gasteiger partial charge is 0.390 e. The fourth-order valence-electron chi connectivity index (χ4n) is 5.20. The monoisotopic (exact) mass is 584 g/mol. The Balaban J connectivity index is 1.47. The molecule has 2 aromatic carbocycles. The van der Waals surface area contributed by atoms with Gasteiger partial charge in [-0.3, -0.25) is 9.69 Å². The summed E-state index contributed by atoms with van der Waals surface area (Å²) < 4.78 is 53.0. The lowest BCUT2D eigenvalue weighted by Gasteiger charge is -2.37. The highest BCUT2D eigenvalue weighted by Gasteiger charge is 2.30. The molecule has 0 saturated carbocycles. The molecule has 2 aliphatic heterocycles. The molecular formula is C27H33ClF4N6O2. The second-order valence-electron chi connectivity index (χ2n) is 10.1. The quantitative estimate of drug-likeness (QED) is 0.338. The molecule has 4 rings (SSSR count). The van der Waals surface area contributed by atoms with Crippen LogP contribution in [0.3, 0.4) is 0 Å². The molecule has 0 aliphatic carbocycles. The summed E-state index contributed by atoms with van der Waals surface area (Å²) in [5, 5.41) is 9.18. The number of urea groups is 1. The topological polar surface area (TPSA) is 103 Å². The Kier molecular flexibility index (Phi) is 9.75. The van der Waals surface area contributed by atoms with E-state index in [2.05, 4.69) is 16.0 Å².